The number of nitro groups is 1. The fraction of sp³-hybridized carbons (Fsp3) is 0.278. The second-order valence-corrected chi connectivity index (χ2v) is 6.46. The molecule has 2 aromatic rings. The van der Waals surface area contributed by atoms with Crippen molar-refractivity contribution in [2.75, 3.05) is 24.5 Å². The van der Waals surface area contributed by atoms with Crippen LogP contribution in [-0.2, 0) is 0 Å². The molecular formula is C18H18ClN3O3. The van der Waals surface area contributed by atoms with Crippen LogP contribution >= 0.6 is 11.6 Å². The van der Waals surface area contributed by atoms with Gasteiger partial charge in [-0.2, -0.15) is 0 Å². The van der Waals surface area contributed by atoms with Crippen LogP contribution in [0.1, 0.15) is 17.3 Å². The molecule has 7 heteroatoms. The van der Waals surface area contributed by atoms with Gasteiger partial charge in [-0.15, -0.1) is 0 Å². The molecule has 2 aromatic carbocycles. The summed E-state index contributed by atoms with van der Waals surface area (Å²) in [7, 11) is 0. The van der Waals surface area contributed by atoms with Crippen LogP contribution in [-0.4, -0.2) is 41.4 Å². The number of amides is 1. The van der Waals surface area contributed by atoms with Crippen LogP contribution in [0, 0.1) is 10.1 Å². The first-order valence-corrected chi connectivity index (χ1v) is 8.40. The van der Waals surface area contributed by atoms with E-state index in [0.29, 0.717) is 30.2 Å². The zero-order valence-electron chi connectivity index (χ0n) is 13.8. The number of nitrogens with zero attached hydrogens (tertiary/aromatic N) is 3. The lowest BCUT2D eigenvalue weighted by Gasteiger charge is -2.41. The lowest BCUT2D eigenvalue weighted by Crippen LogP contribution is -2.54. The zero-order valence-corrected chi connectivity index (χ0v) is 14.5. The average Bonchev–Trinajstić information content (AvgIpc) is 2.61. The van der Waals surface area contributed by atoms with E-state index in [-0.39, 0.29) is 17.6 Å². The molecule has 1 unspecified atom stereocenters. The molecule has 0 spiro atoms. The number of anilines is 1. The summed E-state index contributed by atoms with van der Waals surface area (Å²) in [5.74, 6) is 0.0162. The van der Waals surface area contributed by atoms with Crippen molar-refractivity contribution >= 4 is 28.9 Å². The minimum absolute atomic E-state index is 0.00714. The summed E-state index contributed by atoms with van der Waals surface area (Å²) < 4.78 is 0. The zero-order chi connectivity index (χ0) is 18.0. The molecule has 1 saturated heterocycles. The number of hydrogen-bond acceptors (Lipinski definition) is 4. The molecule has 130 valence electrons. The minimum Gasteiger partial charge on any atom is -0.366 e. The summed E-state index contributed by atoms with van der Waals surface area (Å²) in [5.41, 5.74) is 1.40. The van der Waals surface area contributed by atoms with Crippen LogP contribution < -0.4 is 4.90 Å². The molecule has 0 aliphatic carbocycles. The number of carbonyl (C=O) groups is 1. The normalized spacial score (nSPS) is 17.4. The topological polar surface area (TPSA) is 66.7 Å². The van der Waals surface area contributed by atoms with Crippen molar-refractivity contribution in [1.82, 2.24) is 4.90 Å². The first kappa shape index (κ1) is 17.2. The monoisotopic (exact) mass is 359 g/mol. The molecule has 1 heterocycles. The Morgan fingerprint density at radius 2 is 1.92 bits per heavy atom. The van der Waals surface area contributed by atoms with E-state index in [9.17, 15) is 14.9 Å². The molecule has 0 saturated carbocycles. The Morgan fingerprint density at radius 1 is 1.20 bits per heavy atom. The fourth-order valence-corrected chi connectivity index (χ4v) is 3.38. The van der Waals surface area contributed by atoms with Crippen molar-refractivity contribution in [2.45, 2.75) is 13.0 Å². The molecule has 0 N–H and O–H groups in total. The van der Waals surface area contributed by atoms with Gasteiger partial charge in [-0.3, -0.25) is 14.9 Å². The number of non-ortho nitro benzene ring substituents is 1. The van der Waals surface area contributed by atoms with Gasteiger partial charge in [0, 0.05) is 43.4 Å². The number of hydrogen-bond donors (Lipinski definition) is 0. The summed E-state index contributed by atoms with van der Waals surface area (Å²) >= 11 is 6.22. The summed E-state index contributed by atoms with van der Waals surface area (Å²) in [5, 5.41) is 11.2. The van der Waals surface area contributed by atoms with Crippen molar-refractivity contribution in [2.24, 2.45) is 0 Å². The van der Waals surface area contributed by atoms with Gasteiger partial charge >= 0.3 is 0 Å². The van der Waals surface area contributed by atoms with Gasteiger partial charge in [0.2, 0.25) is 0 Å². The number of piperazine rings is 1. The first-order valence-electron chi connectivity index (χ1n) is 8.02. The summed E-state index contributed by atoms with van der Waals surface area (Å²) in [6.45, 7) is 3.81. The third-order valence-electron chi connectivity index (χ3n) is 4.39. The van der Waals surface area contributed by atoms with Crippen molar-refractivity contribution in [1.29, 1.82) is 0 Å². The summed E-state index contributed by atoms with van der Waals surface area (Å²) in [6, 6.07) is 13.7. The second-order valence-electron chi connectivity index (χ2n) is 6.05. The molecule has 3 rings (SSSR count). The lowest BCUT2D eigenvalue weighted by atomic mass is 10.1. The van der Waals surface area contributed by atoms with E-state index in [0.717, 1.165) is 5.69 Å². The quantitative estimate of drug-likeness (QED) is 0.620. The molecule has 0 radical (unpaired) electrons. The Balaban J connectivity index is 1.74. The van der Waals surface area contributed by atoms with Gasteiger partial charge in [-0.05, 0) is 25.1 Å². The highest BCUT2D eigenvalue weighted by molar-refractivity contribution is 6.33. The van der Waals surface area contributed by atoms with E-state index < -0.39 is 4.92 Å². The van der Waals surface area contributed by atoms with Gasteiger partial charge in [0.05, 0.1) is 15.6 Å². The van der Waals surface area contributed by atoms with Crippen molar-refractivity contribution in [3.8, 4) is 0 Å². The van der Waals surface area contributed by atoms with Crippen LogP contribution in [0.25, 0.3) is 0 Å². The number of nitro benzene ring substituents is 1. The SMILES string of the molecule is CC1CN(c2ccc([N+](=O)[O-])cc2Cl)CCN1C(=O)c1ccccc1. The van der Waals surface area contributed by atoms with E-state index in [1.807, 2.05) is 42.2 Å². The third-order valence-corrected chi connectivity index (χ3v) is 4.69. The van der Waals surface area contributed by atoms with Gasteiger partial charge in [0.15, 0.2) is 0 Å². The molecule has 1 aliphatic heterocycles. The molecule has 1 amide bonds. The fourth-order valence-electron chi connectivity index (χ4n) is 3.09. The number of benzene rings is 2. The molecule has 1 fully saturated rings. The van der Waals surface area contributed by atoms with Crippen LogP contribution in [0.15, 0.2) is 48.5 Å². The Morgan fingerprint density at radius 3 is 2.52 bits per heavy atom. The maximum absolute atomic E-state index is 12.6. The third kappa shape index (κ3) is 3.58. The Kier molecular flexibility index (Phi) is 4.90. The Hall–Kier alpha value is -2.60. The van der Waals surface area contributed by atoms with Gasteiger partial charge in [0.1, 0.15) is 0 Å². The van der Waals surface area contributed by atoms with Crippen LogP contribution in [0.5, 0.6) is 0 Å². The largest absolute Gasteiger partial charge is 0.366 e. The summed E-state index contributed by atoms with van der Waals surface area (Å²) in [4.78, 5) is 26.9. The number of carbonyl (C=O) groups excluding carboxylic acids is 1. The summed E-state index contributed by atoms with van der Waals surface area (Å²) in [6.07, 6.45) is 0. The maximum atomic E-state index is 12.6. The molecule has 1 atom stereocenters. The highest BCUT2D eigenvalue weighted by Gasteiger charge is 2.29. The Labute approximate surface area is 150 Å². The molecule has 25 heavy (non-hydrogen) atoms. The predicted octanol–water partition coefficient (Wildman–Crippen LogP) is 3.60. The number of rotatable bonds is 3. The predicted molar refractivity (Wildman–Crippen MR) is 97.3 cm³/mol. The average molecular weight is 360 g/mol. The highest BCUT2D eigenvalue weighted by atomic mass is 35.5. The van der Waals surface area contributed by atoms with E-state index in [1.165, 1.54) is 12.1 Å². The maximum Gasteiger partial charge on any atom is 0.271 e. The van der Waals surface area contributed by atoms with Crippen molar-refractivity contribution in [3.05, 3.63) is 69.2 Å². The van der Waals surface area contributed by atoms with Crippen LogP contribution in [0.3, 0.4) is 0 Å². The first-order chi connectivity index (χ1) is 12.0. The Bertz CT molecular complexity index is 797. The van der Waals surface area contributed by atoms with Crippen LogP contribution in [0.4, 0.5) is 11.4 Å². The molecule has 0 aromatic heterocycles. The lowest BCUT2D eigenvalue weighted by molar-refractivity contribution is -0.384. The van der Waals surface area contributed by atoms with Crippen molar-refractivity contribution < 1.29 is 9.72 Å². The molecule has 1 aliphatic rings. The van der Waals surface area contributed by atoms with E-state index in [2.05, 4.69) is 4.90 Å². The van der Waals surface area contributed by atoms with Crippen molar-refractivity contribution in [3.63, 3.8) is 0 Å². The standard InChI is InChI=1S/C18H18ClN3O3/c1-13-12-20(17-8-7-15(22(24)25)11-16(17)19)9-10-21(13)18(23)14-5-3-2-4-6-14/h2-8,11,13H,9-10,12H2,1H3. The van der Waals surface area contributed by atoms with Crippen LogP contribution in [0.2, 0.25) is 5.02 Å². The minimum atomic E-state index is -0.464. The molecule has 6 nitrogen and oxygen atoms in total. The van der Waals surface area contributed by atoms with Gasteiger partial charge in [-0.1, -0.05) is 29.8 Å². The van der Waals surface area contributed by atoms with E-state index >= 15 is 0 Å². The number of halogens is 1. The second kappa shape index (κ2) is 7.11. The van der Waals surface area contributed by atoms with Gasteiger partial charge in [0.25, 0.3) is 11.6 Å². The highest BCUT2D eigenvalue weighted by Crippen LogP contribution is 2.31. The molecular weight excluding hydrogens is 342 g/mol. The van der Waals surface area contributed by atoms with Gasteiger partial charge in [-0.25, -0.2) is 0 Å². The van der Waals surface area contributed by atoms with E-state index in [1.54, 1.807) is 6.07 Å². The smallest absolute Gasteiger partial charge is 0.271 e. The van der Waals surface area contributed by atoms with Gasteiger partial charge < -0.3 is 9.80 Å². The molecule has 0 bridgehead atoms. The van der Waals surface area contributed by atoms with E-state index in [4.69, 9.17) is 11.6 Å².